The van der Waals surface area contributed by atoms with Crippen molar-refractivity contribution in [2.24, 2.45) is 0 Å². The molecule has 0 atom stereocenters. The molecule has 0 aliphatic rings. The van der Waals surface area contributed by atoms with Crippen molar-refractivity contribution in [3.05, 3.63) is 77.0 Å². The second-order valence-electron chi connectivity index (χ2n) is 6.45. The standard InChI is InChI=1S/C22H22F2N2/c1-14(2)21(20(13-25)26-5)18-10-17(11-19(12-18)22(4,23)24)16-8-6-15(3)7-9-16/h6-12,26H,1H2,2-5H3/b21-20+. The van der Waals surface area contributed by atoms with E-state index < -0.39 is 5.92 Å². The second-order valence-corrected chi connectivity index (χ2v) is 6.45. The summed E-state index contributed by atoms with van der Waals surface area (Å²) in [4.78, 5) is 0. The molecule has 0 aliphatic heterocycles. The van der Waals surface area contributed by atoms with Gasteiger partial charge in [0.25, 0.3) is 5.92 Å². The van der Waals surface area contributed by atoms with Crippen LogP contribution in [0.3, 0.4) is 0 Å². The largest absolute Gasteiger partial charge is 0.379 e. The fourth-order valence-corrected chi connectivity index (χ4v) is 2.78. The van der Waals surface area contributed by atoms with E-state index in [1.165, 1.54) is 12.1 Å². The van der Waals surface area contributed by atoms with E-state index in [9.17, 15) is 14.0 Å². The Morgan fingerprint density at radius 1 is 1.12 bits per heavy atom. The Labute approximate surface area is 153 Å². The minimum Gasteiger partial charge on any atom is -0.379 e. The highest BCUT2D eigenvalue weighted by atomic mass is 19.3. The minimum absolute atomic E-state index is 0.0993. The molecular weight excluding hydrogens is 330 g/mol. The lowest BCUT2D eigenvalue weighted by molar-refractivity contribution is 0.0175. The molecule has 1 N–H and O–H groups in total. The molecule has 0 saturated carbocycles. The molecule has 0 radical (unpaired) electrons. The van der Waals surface area contributed by atoms with Gasteiger partial charge in [-0.3, -0.25) is 0 Å². The molecule has 0 saturated heterocycles. The van der Waals surface area contributed by atoms with Crippen LogP contribution in [0, 0.1) is 18.3 Å². The summed E-state index contributed by atoms with van der Waals surface area (Å²) in [5, 5.41) is 12.2. The Balaban J connectivity index is 2.80. The van der Waals surface area contributed by atoms with Crippen molar-refractivity contribution >= 4 is 5.57 Å². The van der Waals surface area contributed by atoms with Crippen LogP contribution < -0.4 is 5.32 Å². The summed E-state index contributed by atoms with van der Waals surface area (Å²) in [5.74, 6) is -3.00. The van der Waals surface area contributed by atoms with E-state index in [1.807, 2.05) is 37.3 Å². The van der Waals surface area contributed by atoms with Gasteiger partial charge in [0.2, 0.25) is 0 Å². The summed E-state index contributed by atoms with van der Waals surface area (Å²) in [6.07, 6.45) is 0. The lowest BCUT2D eigenvalue weighted by Gasteiger charge is -2.18. The molecule has 0 fully saturated rings. The highest BCUT2D eigenvalue weighted by molar-refractivity contribution is 5.84. The first-order chi connectivity index (χ1) is 12.2. The van der Waals surface area contributed by atoms with Gasteiger partial charge in [-0.2, -0.15) is 5.26 Å². The molecule has 2 aromatic rings. The van der Waals surface area contributed by atoms with Crippen molar-refractivity contribution in [2.75, 3.05) is 7.05 Å². The molecule has 4 heteroatoms. The van der Waals surface area contributed by atoms with Gasteiger partial charge in [0, 0.05) is 25.1 Å². The highest BCUT2D eigenvalue weighted by Crippen LogP contribution is 2.36. The van der Waals surface area contributed by atoms with Gasteiger partial charge in [0.15, 0.2) is 0 Å². The topological polar surface area (TPSA) is 35.8 Å². The summed E-state index contributed by atoms with van der Waals surface area (Å²) in [7, 11) is 1.63. The smallest absolute Gasteiger partial charge is 0.270 e. The van der Waals surface area contributed by atoms with E-state index in [4.69, 9.17) is 0 Å². The second kappa shape index (κ2) is 7.53. The Kier molecular flexibility index (Phi) is 5.62. The maximum Gasteiger partial charge on any atom is 0.270 e. The van der Waals surface area contributed by atoms with E-state index >= 15 is 0 Å². The van der Waals surface area contributed by atoms with E-state index in [1.54, 1.807) is 14.0 Å². The van der Waals surface area contributed by atoms with Gasteiger partial charge in [-0.1, -0.05) is 36.4 Å². The SMILES string of the molecule is C=C(C)/C(=C(/C#N)NC)c1cc(-c2ccc(C)cc2)cc(C(C)(F)F)c1. The third-order valence-corrected chi connectivity index (χ3v) is 4.15. The molecule has 2 rings (SSSR count). The number of nitrogens with one attached hydrogen (secondary N) is 1. The van der Waals surface area contributed by atoms with Crippen LogP contribution in [0.5, 0.6) is 0 Å². The van der Waals surface area contributed by atoms with Gasteiger partial charge in [-0.15, -0.1) is 0 Å². The van der Waals surface area contributed by atoms with Crippen LogP contribution in [0.4, 0.5) is 8.78 Å². The zero-order chi connectivity index (χ0) is 19.5. The maximum absolute atomic E-state index is 14.1. The zero-order valence-corrected chi connectivity index (χ0v) is 15.5. The Hall–Kier alpha value is -2.93. The summed E-state index contributed by atoms with van der Waals surface area (Å²) in [6, 6.07) is 14.5. The number of rotatable bonds is 5. The fraction of sp³-hybridized carbons (Fsp3) is 0.227. The molecule has 0 aromatic heterocycles. The van der Waals surface area contributed by atoms with Crippen LogP contribution in [0.25, 0.3) is 16.7 Å². The van der Waals surface area contributed by atoms with E-state index in [-0.39, 0.29) is 5.56 Å². The lowest BCUT2D eigenvalue weighted by Crippen LogP contribution is -2.10. The van der Waals surface area contributed by atoms with Gasteiger partial charge in [-0.25, -0.2) is 8.78 Å². The van der Waals surface area contributed by atoms with Gasteiger partial charge in [0.1, 0.15) is 11.8 Å². The molecule has 0 heterocycles. The van der Waals surface area contributed by atoms with Crippen LogP contribution in [-0.2, 0) is 5.92 Å². The van der Waals surface area contributed by atoms with Crippen LogP contribution in [0.2, 0.25) is 0 Å². The summed E-state index contributed by atoms with van der Waals surface area (Å²) in [5.41, 5.74) is 4.50. The number of nitriles is 1. The molecule has 0 amide bonds. The number of hydrogen-bond donors (Lipinski definition) is 1. The molecule has 2 nitrogen and oxygen atoms in total. The fourth-order valence-electron chi connectivity index (χ4n) is 2.78. The zero-order valence-electron chi connectivity index (χ0n) is 15.5. The monoisotopic (exact) mass is 352 g/mol. The Bertz CT molecular complexity index is 895. The van der Waals surface area contributed by atoms with Crippen molar-refractivity contribution in [1.82, 2.24) is 5.32 Å². The molecule has 0 unspecified atom stereocenters. The van der Waals surface area contributed by atoms with Crippen LogP contribution in [0.15, 0.2) is 60.3 Å². The van der Waals surface area contributed by atoms with Gasteiger partial charge < -0.3 is 5.32 Å². The normalized spacial score (nSPS) is 12.2. The molecule has 0 bridgehead atoms. The average Bonchev–Trinajstić information content (AvgIpc) is 2.58. The quantitative estimate of drug-likeness (QED) is 0.545. The maximum atomic E-state index is 14.1. The summed E-state index contributed by atoms with van der Waals surface area (Å²) in [6.45, 7) is 8.52. The first-order valence-corrected chi connectivity index (χ1v) is 8.26. The molecule has 2 aromatic carbocycles. The lowest BCUT2D eigenvalue weighted by atomic mass is 9.91. The van der Waals surface area contributed by atoms with Crippen molar-refractivity contribution in [3.8, 4) is 17.2 Å². The Morgan fingerprint density at radius 3 is 2.19 bits per heavy atom. The minimum atomic E-state index is -3.00. The first-order valence-electron chi connectivity index (χ1n) is 8.26. The third-order valence-electron chi connectivity index (χ3n) is 4.15. The predicted molar refractivity (Wildman–Crippen MR) is 103 cm³/mol. The highest BCUT2D eigenvalue weighted by Gasteiger charge is 2.26. The van der Waals surface area contributed by atoms with Crippen LogP contribution >= 0.6 is 0 Å². The average molecular weight is 352 g/mol. The van der Waals surface area contributed by atoms with Crippen LogP contribution in [0.1, 0.15) is 30.5 Å². The number of alkyl halides is 2. The van der Waals surface area contributed by atoms with Crippen molar-refractivity contribution in [2.45, 2.75) is 26.7 Å². The van der Waals surface area contributed by atoms with Crippen molar-refractivity contribution < 1.29 is 8.78 Å². The van der Waals surface area contributed by atoms with Gasteiger partial charge in [-0.05, 0) is 54.3 Å². The predicted octanol–water partition coefficient (Wildman–Crippen LogP) is 5.80. The summed E-state index contributed by atoms with van der Waals surface area (Å²) >= 11 is 0. The van der Waals surface area contributed by atoms with Gasteiger partial charge >= 0.3 is 0 Å². The summed E-state index contributed by atoms with van der Waals surface area (Å²) < 4.78 is 28.2. The Morgan fingerprint density at radius 2 is 1.73 bits per heavy atom. The van der Waals surface area contributed by atoms with E-state index in [0.29, 0.717) is 28.0 Å². The molecule has 26 heavy (non-hydrogen) atoms. The molecule has 0 aliphatic carbocycles. The van der Waals surface area contributed by atoms with E-state index in [0.717, 1.165) is 18.1 Å². The molecule has 134 valence electrons. The number of nitrogens with zero attached hydrogens (tertiary/aromatic N) is 1. The first kappa shape index (κ1) is 19.4. The van der Waals surface area contributed by atoms with Crippen LogP contribution in [-0.4, -0.2) is 7.05 Å². The number of aryl methyl sites for hydroxylation is 1. The van der Waals surface area contributed by atoms with Gasteiger partial charge in [0.05, 0.1) is 0 Å². The number of benzene rings is 2. The molecular formula is C22H22F2N2. The van der Waals surface area contributed by atoms with E-state index in [2.05, 4.69) is 18.0 Å². The number of halogens is 2. The van der Waals surface area contributed by atoms with Crippen molar-refractivity contribution in [1.29, 1.82) is 5.26 Å². The van der Waals surface area contributed by atoms with Crippen molar-refractivity contribution in [3.63, 3.8) is 0 Å². The number of allylic oxidation sites excluding steroid dienone is 3. The molecule has 0 spiro atoms. The number of hydrogen-bond acceptors (Lipinski definition) is 2. The third kappa shape index (κ3) is 4.18.